The van der Waals surface area contributed by atoms with Gasteiger partial charge in [0.2, 0.25) is 5.95 Å². The van der Waals surface area contributed by atoms with Gasteiger partial charge in [0.1, 0.15) is 0 Å². The van der Waals surface area contributed by atoms with Crippen molar-refractivity contribution in [2.75, 3.05) is 31.2 Å². The molecule has 0 radical (unpaired) electrons. The quantitative estimate of drug-likeness (QED) is 0.710. The van der Waals surface area contributed by atoms with Gasteiger partial charge in [0.15, 0.2) is 5.69 Å². The number of para-hydroxylation sites is 1. The van der Waals surface area contributed by atoms with Crippen LogP contribution in [0.3, 0.4) is 0 Å². The Kier molecular flexibility index (Phi) is 5.24. The van der Waals surface area contributed by atoms with E-state index in [2.05, 4.69) is 30.4 Å². The van der Waals surface area contributed by atoms with E-state index in [0.29, 0.717) is 19.2 Å². The number of aromatic nitrogens is 5. The molecule has 0 saturated carbocycles. The predicted molar refractivity (Wildman–Crippen MR) is 102 cm³/mol. The Morgan fingerprint density at radius 2 is 1.96 bits per heavy atom. The van der Waals surface area contributed by atoms with Gasteiger partial charge >= 0.3 is 0 Å². The molecular formula is C19H21N7O2. The minimum absolute atomic E-state index is 0.253. The molecule has 1 amide bonds. The van der Waals surface area contributed by atoms with E-state index in [4.69, 9.17) is 4.74 Å². The lowest BCUT2D eigenvalue weighted by Crippen LogP contribution is -2.37. The molecule has 1 aromatic carbocycles. The van der Waals surface area contributed by atoms with Gasteiger partial charge in [-0.3, -0.25) is 4.79 Å². The third kappa shape index (κ3) is 4.15. The zero-order valence-corrected chi connectivity index (χ0v) is 15.6. The van der Waals surface area contributed by atoms with Gasteiger partial charge in [-0.2, -0.15) is 9.90 Å². The molecule has 1 aliphatic rings. The molecule has 1 N–H and O–H groups in total. The smallest absolute Gasteiger partial charge is 0.273 e. The Bertz CT molecular complexity index is 952. The zero-order valence-electron chi connectivity index (χ0n) is 15.6. The molecular weight excluding hydrogens is 358 g/mol. The van der Waals surface area contributed by atoms with E-state index in [1.165, 1.54) is 11.0 Å². The number of amides is 1. The average Bonchev–Trinajstić information content (AvgIpc) is 3.23. The van der Waals surface area contributed by atoms with Crippen molar-refractivity contribution < 1.29 is 9.53 Å². The van der Waals surface area contributed by atoms with Crippen LogP contribution < -0.4 is 10.2 Å². The largest absolute Gasteiger partial charge is 0.378 e. The van der Waals surface area contributed by atoms with Gasteiger partial charge in [-0.15, -0.1) is 5.10 Å². The number of benzene rings is 1. The van der Waals surface area contributed by atoms with Gasteiger partial charge in [-0.05, 0) is 25.1 Å². The number of nitrogens with zero attached hydrogens (tertiary/aromatic N) is 6. The highest BCUT2D eigenvalue weighted by atomic mass is 16.5. The summed E-state index contributed by atoms with van der Waals surface area (Å²) in [5.74, 6) is 0.369. The number of carbonyl (C=O) groups is 1. The second kappa shape index (κ2) is 8.13. The summed E-state index contributed by atoms with van der Waals surface area (Å²) < 4.78 is 5.37. The van der Waals surface area contributed by atoms with Crippen LogP contribution in [0.5, 0.6) is 0 Å². The maximum atomic E-state index is 12.4. The van der Waals surface area contributed by atoms with Crippen molar-refractivity contribution in [2.24, 2.45) is 0 Å². The molecule has 9 heteroatoms. The summed E-state index contributed by atoms with van der Waals surface area (Å²) in [6.45, 7) is 5.07. The number of ether oxygens (including phenoxy) is 1. The third-order valence-electron chi connectivity index (χ3n) is 4.33. The molecule has 144 valence electrons. The lowest BCUT2D eigenvalue weighted by molar-refractivity contribution is 0.0945. The Balaban J connectivity index is 1.42. The van der Waals surface area contributed by atoms with E-state index in [1.54, 1.807) is 0 Å². The maximum absolute atomic E-state index is 12.4. The summed E-state index contributed by atoms with van der Waals surface area (Å²) in [4.78, 5) is 25.0. The van der Waals surface area contributed by atoms with Gasteiger partial charge in [-0.25, -0.2) is 9.97 Å². The summed E-state index contributed by atoms with van der Waals surface area (Å²) in [5, 5.41) is 11.2. The second-order valence-corrected chi connectivity index (χ2v) is 6.44. The van der Waals surface area contributed by atoms with E-state index in [0.717, 1.165) is 30.2 Å². The van der Waals surface area contributed by atoms with Crippen LogP contribution in [0.4, 0.5) is 5.95 Å². The number of morpholine rings is 1. The van der Waals surface area contributed by atoms with Crippen molar-refractivity contribution >= 4 is 11.9 Å². The van der Waals surface area contributed by atoms with E-state index < -0.39 is 0 Å². The van der Waals surface area contributed by atoms with Crippen LogP contribution in [0.1, 0.15) is 21.9 Å². The van der Waals surface area contributed by atoms with E-state index in [9.17, 15) is 4.79 Å². The molecule has 3 heterocycles. The molecule has 0 atom stereocenters. The topological polar surface area (TPSA) is 98.1 Å². The van der Waals surface area contributed by atoms with E-state index in [-0.39, 0.29) is 18.1 Å². The van der Waals surface area contributed by atoms with Crippen molar-refractivity contribution in [1.82, 2.24) is 30.3 Å². The maximum Gasteiger partial charge on any atom is 0.273 e. The number of hydrogen-bond donors (Lipinski definition) is 1. The van der Waals surface area contributed by atoms with Gasteiger partial charge in [0.25, 0.3) is 5.91 Å². The lowest BCUT2D eigenvalue weighted by Gasteiger charge is -2.27. The number of anilines is 1. The first-order valence-electron chi connectivity index (χ1n) is 9.12. The molecule has 4 rings (SSSR count). The van der Waals surface area contributed by atoms with Crippen LogP contribution in [0.2, 0.25) is 0 Å². The minimum Gasteiger partial charge on any atom is -0.378 e. The first kappa shape index (κ1) is 18.1. The lowest BCUT2D eigenvalue weighted by atomic mass is 10.3. The predicted octanol–water partition coefficient (Wildman–Crippen LogP) is 1.13. The van der Waals surface area contributed by atoms with Crippen molar-refractivity contribution in [3.05, 3.63) is 59.7 Å². The van der Waals surface area contributed by atoms with Crippen LogP contribution in [0, 0.1) is 6.92 Å². The Morgan fingerprint density at radius 3 is 2.75 bits per heavy atom. The SMILES string of the molecule is Cc1cc(CNC(=O)c2cnn(-c3ccccc3)n2)nc(N2CCOCC2)n1. The highest BCUT2D eigenvalue weighted by molar-refractivity contribution is 5.91. The first-order chi connectivity index (χ1) is 13.7. The van der Waals surface area contributed by atoms with Gasteiger partial charge in [0.05, 0.1) is 37.3 Å². The molecule has 0 spiro atoms. The summed E-state index contributed by atoms with van der Waals surface area (Å²) in [7, 11) is 0. The summed E-state index contributed by atoms with van der Waals surface area (Å²) >= 11 is 0. The third-order valence-corrected chi connectivity index (χ3v) is 4.33. The van der Waals surface area contributed by atoms with Crippen LogP contribution >= 0.6 is 0 Å². The van der Waals surface area contributed by atoms with E-state index in [1.807, 2.05) is 43.3 Å². The monoisotopic (exact) mass is 379 g/mol. The van der Waals surface area contributed by atoms with Gasteiger partial charge < -0.3 is 15.0 Å². The zero-order chi connectivity index (χ0) is 19.3. The van der Waals surface area contributed by atoms with Crippen LogP contribution in [-0.2, 0) is 11.3 Å². The molecule has 0 bridgehead atoms. The van der Waals surface area contributed by atoms with Crippen molar-refractivity contribution in [3.63, 3.8) is 0 Å². The summed E-state index contributed by atoms with van der Waals surface area (Å²) in [6, 6.07) is 11.3. The van der Waals surface area contributed by atoms with Gasteiger partial charge in [0, 0.05) is 18.8 Å². The molecule has 2 aromatic heterocycles. The fraction of sp³-hybridized carbons (Fsp3) is 0.316. The fourth-order valence-corrected chi connectivity index (χ4v) is 2.93. The fourth-order valence-electron chi connectivity index (χ4n) is 2.93. The van der Waals surface area contributed by atoms with Crippen LogP contribution in [0.15, 0.2) is 42.6 Å². The number of nitrogens with one attached hydrogen (secondary N) is 1. The summed E-state index contributed by atoms with van der Waals surface area (Å²) in [5.41, 5.74) is 2.65. The standard InChI is InChI=1S/C19H21N7O2/c1-14-11-15(23-19(22-14)25-7-9-28-10-8-25)12-20-18(27)17-13-21-26(24-17)16-5-3-2-4-6-16/h2-6,11,13H,7-10,12H2,1H3,(H,20,27). The Labute approximate surface area is 162 Å². The van der Waals surface area contributed by atoms with Gasteiger partial charge in [-0.1, -0.05) is 18.2 Å². The minimum atomic E-state index is -0.300. The van der Waals surface area contributed by atoms with Crippen molar-refractivity contribution in [1.29, 1.82) is 0 Å². The molecule has 0 aliphatic carbocycles. The second-order valence-electron chi connectivity index (χ2n) is 6.44. The number of hydrogen-bond acceptors (Lipinski definition) is 7. The van der Waals surface area contributed by atoms with Crippen molar-refractivity contribution in [2.45, 2.75) is 13.5 Å². The normalized spacial score (nSPS) is 14.1. The van der Waals surface area contributed by atoms with Crippen LogP contribution in [-0.4, -0.2) is 57.2 Å². The number of carbonyl (C=O) groups excluding carboxylic acids is 1. The highest BCUT2D eigenvalue weighted by Gasteiger charge is 2.16. The van der Waals surface area contributed by atoms with Crippen LogP contribution in [0.25, 0.3) is 5.69 Å². The molecule has 1 aliphatic heterocycles. The highest BCUT2D eigenvalue weighted by Crippen LogP contribution is 2.12. The molecule has 9 nitrogen and oxygen atoms in total. The number of rotatable bonds is 5. The Hall–Kier alpha value is -3.33. The molecule has 1 saturated heterocycles. The molecule has 1 fully saturated rings. The van der Waals surface area contributed by atoms with Crippen molar-refractivity contribution in [3.8, 4) is 5.69 Å². The Morgan fingerprint density at radius 1 is 1.18 bits per heavy atom. The molecule has 0 unspecified atom stereocenters. The average molecular weight is 379 g/mol. The summed E-state index contributed by atoms with van der Waals surface area (Å²) in [6.07, 6.45) is 1.45. The van der Waals surface area contributed by atoms with E-state index >= 15 is 0 Å². The first-order valence-corrected chi connectivity index (χ1v) is 9.12. The molecule has 3 aromatic rings. The molecule has 28 heavy (non-hydrogen) atoms. The number of aryl methyl sites for hydroxylation is 1.